The third kappa shape index (κ3) is 28.1. The van der Waals surface area contributed by atoms with Gasteiger partial charge in [0.05, 0.1) is 26.2 Å². The maximum absolute atomic E-state index is 12.3. The molecule has 1 saturated heterocycles. The molecule has 0 saturated carbocycles. The van der Waals surface area contributed by atoms with Gasteiger partial charge in [0.1, 0.15) is 17.9 Å². The quantitative estimate of drug-likeness (QED) is 0.0359. The molecule has 9 N–H and O–H groups in total. The van der Waals surface area contributed by atoms with E-state index in [1.54, 1.807) is 9.80 Å². The summed E-state index contributed by atoms with van der Waals surface area (Å²) in [5, 5.41) is 63.5. The second-order valence-corrected chi connectivity index (χ2v) is 18.4. The first-order valence-corrected chi connectivity index (χ1v) is 24.3. The van der Waals surface area contributed by atoms with Gasteiger partial charge in [-0.25, -0.2) is 14.4 Å². The van der Waals surface area contributed by atoms with Gasteiger partial charge in [0.2, 0.25) is 5.91 Å². The number of hydrogen-bond acceptors (Lipinski definition) is 14. The highest BCUT2D eigenvalue weighted by Crippen LogP contribution is 2.17. The molecule has 1 fully saturated rings. The van der Waals surface area contributed by atoms with E-state index in [-0.39, 0.29) is 76.4 Å². The van der Waals surface area contributed by atoms with Gasteiger partial charge in [-0.2, -0.15) is 0 Å². The fraction of sp³-hybridized carbons (Fsp3) is 0.660. The summed E-state index contributed by atoms with van der Waals surface area (Å²) < 4.78 is 0. The van der Waals surface area contributed by atoms with Crippen LogP contribution >= 0.6 is 12.2 Å². The third-order valence-electron chi connectivity index (χ3n) is 11.8. The van der Waals surface area contributed by atoms with Crippen LogP contribution in [0.25, 0.3) is 0 Å². The van der Waals surface area contributed by atoms with Crippen molar-refractivity contribution >= 4 is 70.6 Å². The lowest BCUT2D eigenvalue weighted by molar-refractivity contribution is -0.141. The monoisotopic (exact) mass is 1010 g/mol. The number of aliphatic carboxylic acids is 6. The molecule has 0 aromatic heterocycles. The number of benzene rings is 1. The van der Waals surface area contributed by atoms with Crippen LogP contribution in [0, 0.1) is 0 Å². The molecule has 3 atom stereocenters. The van der Waals surface area contributed by atoms with Crippen molar-refractivity contribution in [1.29, 1.82) is 0 Å². The van der Waals surface area contributed by atoms with Crippen molar-refractivity contribution in [2.24, 2.45) is 0 Å². The summed E-state index contributed by atoms with van der Waals surface area (Å²) >= 11 is 5.72. The van der Waals surface area contributed by atoms with Gasteiger partial charge in [-0.15, -0.1) is 0 Å². The number of carbonyl (C=O) groups excluding carboxylic acids is 3. The first-order valence-electron chi connectivity index (χ1n) is 23.9. The number of hydrogen-bond donors (Lipinski definition) is 9. The lowest BCUT2D eigenvalue weighted by Crippen LogP contribution is -2.53. The number of thiocarbonyl (C=S) groups is 1. The molecule has 1 aromatic carbocycles. The largest absolute Gasteiger partial charge is 0.481 e. The Kier molecular flexibility index (Phi) is 29.2. The summed E-state index contributed by atoms with van der Waals surface area (Å²) in [6.45, 7) is 3.19. The average Bonchev–Trinajstić information content (AvgIpc) is 3.26. The smallest absolute Gasteiger partial charge is 0.326 e. The molecule has 70 heavy (non-hydrogen) atoms. The van der Waals surface area contributed by atoms with Gasteiger partial charge in [0, 0.05) is 77.7 Å². The van der Waals surface area contributed by atoms with Crippen LogP contribution in [-0.2, 0) is 51.2 Å². The Morgan fingerprint density at radius 1 is 0.571 bits per heavy atom. The van der Waals surface area contributed by atoms with Gasteiger partial charge in [0.25, 0.3) is 0 Å². The van der Waals surface area contributed by atoms with Crippen molar-refractivity contribution in [2.45, 2.75) is 121 Å². The second kappa shape index (κ2) is 33.8. The number of rotatable bonds is 33. The first-order chi connectivity index (χ1) is 33.2. The normalized spacial score (nSPS) is 16.4. The minimum Gasteiger partial charge on any atom is -0.481 e. The van der Waals surface area contributed by atoms with E-state index in [2.05, 4.69) is 16.0 Å². The number of nitrogens with one attached hydrogen (secondary N) is 3. The molecular weight excluding hydrogens is 935 g/mol. The summed E-state index contributed by atoms with van der Waals surface area (Å²) in [5.74, 6) is -7.28. The number of carboxylic acids is 6. The standard InChI is InChI=1S/C47H73N7O15S/c1-33(55)28-53-23-22-51(30-42(59)60)20-21-52(31-43(61)62)24-25-54(32-44(63)64)36(29-53)26-34-13-15-35(16-14-34)27-37(70)10-6-4-2-3-5-7-12-40(56)48-19-9-8-11-38(45(65)66)49-47(69)50-39(46(67)68)17-18-41(57)58/h13-16,36,38-39H,2-12,17-32H2,1H3,(H,48,56)(H,57,58)(H,59,60)(H,61,62)(H,63,64)(H,65,66)(H,67,68)(H2,49,50,69)/t36?,38-,39-/m0/s1. The van der Waals surface area contributed by atoms with Crippen LogP contribution in [0.5, 0.6) is 0 Å². The summed E-state index contributed by atoms with van der Waals surface area (Å²) in [7, 11) is 0. The van der Waals surface area contributed by atoms with E-state index in [0.29, 0.717) is 64.8 Å². The Bertz CT molecular complexity index is 1890. The van der Waals surface area contributed by atoms with Crippen LogP contribution in [0.2, 0.25) is 0 Å². The Balaban J connectivity index is 1.78. The van der Waals surface area contributed by atoms with E-state index < -0.39 is 60.4 Å². The van der Waals surface area contributed by atoms with Crippen LogP contribution in [0.1, 0.15) is 102 Å². The number of carboxylic acid groups (broad SMARTS) is 6. The van der Waals surface area contributed by atoms with Crippen molar-refractivity contribution in [1.82, 2.24) is 35.6 Å². The number of carbonyl (C=O) groups is 9. The van der Waals surface area contributed by atoms with Crippen LogP contribution < -0.4 is 16.0 Å². The molecule has 2 rings (SSSR count). The Labute approximate surface area is 414 Å². The van der Waals surface area contributed by atoms with Gasteiger partial charge >= 0.3 is 41.8 Å². The zero-order valence-electron chi connectivity index (χ0n) is 40.2. The third-order valence-corrected chi connectivity index (χ3v) is 12.1. The maximum Gasteiger partial charge on any atom is 0.326 e. The molecule has 22 nitrogen and oxygen atoms in total. The van der Waals surface area contributed by atoms with Crippen molar-refractivity contribution in [3.63, 3.8) is 0 Å². The van der Waals surface area contributed by atoms with Crippen molar-refractivity contribution in [2.75, 3.05) is 78.5 Å². The van der Waals surface area contributed by atoms with Gasteiger partial charge < -0.3 is 46.6 Å². The molecule has 1 aliphatic rings. The van der Waals surface area contributed by atoms with E-state index in [1.807, 2.05) is 34.1 Å². The van der Waals surface area contributed by atoms with Gasteiger partial charge in [-0.05, 0) is 74.3 Å². The SMILES string of the molecule is CC(=O)CN1CCN(CC(=O)O)CCN(CC(=O)O)CCN(CC(=O)O)C(Cc2ccc(CC(=S)CCCCCCCCC(=O)NCCCC[C@H](NC(=O)N[C@@H](CCC(=O)O)C(=O)O)C(=O)O)cc2)C1. The van der Waals surface area contributed by atoms with Gasteiger partial charge in [-0.1, -0.05) is 62.2 Å². The molecule has 23 heteroatoms. The summed E-state index contributed by atoms with van der Waals surface area (Å²) in [6, 6.07) is 3.80. The molecule has 392 valence electrons. The fourth-order valence-corrected chi connectivity index (χ4v) is 8.42. The minimum atomic E-state index is -1.49. The Morgan fingerprint density at radius 3 is 1.60 bits per heavy atom. The molecule has 1 aliphatic heterocycles. The molecule has 1 aromatic rings. The van der Waals surface area contributed by atoms with E-state index in [9.17, 15) is 68.7 Å². The number of amides is 3. The molecule has 1 heterocycles. The van der Waals surface area contributed by atoms with Crippen LogP contribution in [-0.4, -0.2) is 205 Å². The lowest BCUT2D eigenvalue weighted by Gasteiger charge is -2.38. The summed E-state index contributed by atoms with van der Waals surface area (Å²) in [6.07, 6.45) is 7.71. The summed E-state index contributed by atoms with van der Waals surface area (Å²) in [4.78, 5) is 114. The first kappa shape index (κ1) is 60.5. The highest BCUT2D eigenvalue weighted by atomic mass is 32.1. The Hall–Kier alpha value is -5.62. The molecule has 0 bridgehead atoms. The zero-order valence-corrected chi connectivity index (χ0v) is 41.0. The number of Topliss-reactive ketones (excluding diaryl/α,β-unsaturated/α-hetero) is 1. The number of ketones is 1. The molecule has 1 unspecified atom stereocenters. The predicted molar refractivity (Wildman–Crippen MR) is 260 cm³/mol. The van der Waals surface area contributed by atoms with E-state index in [4.69, 9.17) is 17.3 Å². The van der Waals surface area contributed by atoms with Crippen molar-refractivity contribution < 1.29 is 73.8 Å². The number of urea groups is 1. The highest BCUT2D eigenvalue weighted by molar-refractivity contribution is 7.80. The van der Waals surface area contributed by atoms with E-state index in [1.165, 1.54) is 6.92 Å². The van der Waals surface area contributed by atoms with Crippen molar-refractivity contribution in [3.8, 4) is 0 Å². The van der Waals surface area contributed by atoms with Crippen molar-refractivity contribution in [3.05, 3.63) is 35.4 Å². The van der Waals surface area contributed by atoms with Crippen LogP contribution in [0.3, 0.4) is 0 Å². The Morgan fingerprint density at radius 2 is 1.07 bits per heavy atom. The second-order valence-electron chi connectivity index (χ2n) is 17.8. The van der Waals surface area contributed by atoms with Gasteiger partial charge in [-0.3, -0.25) is 48.4 Å². The maximum atomic E-state index is 12.3. The number of nitrogens with zero attached hydrogens (tertiary/aromatic N) is 4. The molecule has 0 aliphatic carbocycles. The van der Waals surface area contributed by atoms with Crippen LogP contribution in [0.4, 0.5) is 4.79 Å². The highest BCUT2D eigenvalue weighted by Gasteiger charge is 2.28. The number of unbranched alkanes of at least 4 members (excludes halogenated alkanes) is 6. The topological polar surface area (TPSA) is 324 Å². The van der Waals surface area contributed by atoms with Crippen LogP contribution in [0.15, 0.2) is 24.3 Å². The molecule has 3 amide bonds. The fourth-order valence-electron chi connectivity index (χ4n) is 8.11. The van der Waals surface area contributed by atoms with Gasteiger partial charge in [0.15, 0.2) is 0 Å². The summed E-state index contributed by atoms with van der Waals surface area (Å²) in [5.41, 5.74) is 1.99. The lowest BCUT2D eigenvalue weighted by atomic mass is 9.99. The predicted octanol–water partition coefficient (Wildman–Crippen LogP) is 2.05. The zero-order chi connectivity index (χ0) is 52.0. The minimum absolute atomic E-state index is 0.0368. The molecule has 0 spiro atoms. The molecule has 0 radical (unpaired) electrons. The molecular formula is C47H73N7O15S. The van der Waals surface area contributed by atoms with E-state index >= 15 is 0 Å². The van der Waals surface area contributed by atoms with E-state index in [0.717, 1.165) is 60.9 Å². The average molecular weight is 1010 g/mol.